The Balaban J connectivity index is 1.72. The minimum atomic E-state index is -0.935. The molecule has 1 aromatic rings. The lowest BCUT2D eigenvalue weighted by atomic mass is 10.2. The topological polar surface area (TPSA) is 43.8 Å². The number of nitrogens with zero attached hydrogens (tertiary/aromatic N) is 2. The molecular weight excluding hydrogens is 276 g/mol. The first kappa shape index (κ1) is 13.7. The molecule has 4 nitrogen and oxygen atoms in total. The van der Waals surface area contributed by atoms with Crippen molar-refractivity contribution in [2.75, 3.05) is 31.1 Å². The fraction of sp³-hybridized carbons (Fsp3) is 0.533. The third kappa shape index (κ3) is 2.63. The van der Waals surface area contributed by atoms with Crippen LogP contribution in [-0.2, 0) is 0 Å². The van der Waals surface area contributed by atoms with Crippen LogP contribution in [0.15, 0.2) is 18.2 Å². The Bertz CT molecular complexity index is 515. The monoisotopic (exact) mass is 294 g/mol. The van der Waals surface area contributed by atoms with Crippen LogP contribution in [0.3, 0.4) is 0 Å². The highest BCUT2D eigenvalue weighted by atomic mass is 35.5. The Labute approximate surface area is 123 Å². The number of benzene rings is 1. The third-order valence-electron chi connectivity index (χ3n) is 4.36. The van der Waals surface area contributed by atoms with Crippen molar-refractivity contribution >= 4 is 23.3 Å². The molecule has 2 aliphatic heterocycles. The molecule has 0 saturated carbocycles. The third-order valence-corrected chi connectivity index (χ3v) is 4.66. The van der Waals surface area contributed by atoms with Gasteiger partial charge in [0.15, 0.2) is 0 Å². The first-order valence-corrected chi connectivity index (χ1v) is 7.55. The maximum absolute atomic E-state index is 10.9. The molecule has 2 saturated heterocycles. The fourth-order valence-electron chi connectivity index (χ4n) is 3.26. The summed E-state index contributed by atoms with van der Waals surface area (Å²) in [6, 6.07) is 5.63. The molecule has 1 N–H and O–H groups in total. The number of hydrogen-bond donors (Lipinski definition) is 1. The summed E-state index contributed by atoms with van der Waals surface area (Å²) in [5.41, 5.74) is 1.20. The van der Waals surface area contributed by atoms with Gasteiger partial charge in [-0.25, -0.2) is 4.79 Å². The lowest BCUT2D eigenvalue weighted by Gasteiger charge is -2.25. The van der Waals surface area contributed by atoms with Gasteiger partial charge in [-0.2, -0.15) is 0 Å². The molecule has 2 aliphatic rings. The van der Waals surface area contributed by atoms with Gasteiger partial charge in [-0.1, -0.05) is 11.6 Å². The van der Waals surface area contributed by atoms with Gasteiger partial charge in [0.05, 0.1) is 16.3 Å². The zero-order chi connectivity index (χ0) is 14.1. The quantitative estimate of drug-likeness (QED) is 0.931. The Morgan fingerprint density at radius 2 is 2.00 bits per heavy atom. The van der Waals surface area contributed by atoms with Crippen molar-refractivity contribution in [2.45, 2.75) is 25.3 Å². The zero-order valence-electron chi connectivity index (χ0n) is 11.4. The van der Waals surface area contributed by atoms with Gasteiger partial charge in [-0.05, 0) is 50.6 Å². The number of carboxylic acids is 1. The van der Waals surface area contributed by atoms with Crippen molar-refractivity contribution in [1.82, 2.24) is 4.90 Å². The standard InChI is InChI=1S/C15H19ClN2O2/c16-13-9-11(15(19)20)3-4-14(13)18-8-5-12(10-18)17-6-1-2-7-17/h3-4,9,12H,1-2,5-8,10H2,(H,19,20). The van der Waals surface area contributed by atoms with Gasteiger partial charge < -0.3 is 10.0 Å². The largest absolute Gasteiger partial charge is 0.478 e. The van der Waals surface area contributed by atoms with E-state index in [-0.39, 0.29) is 5.56 Å². The predicted molar refractivity (Wildman–Crippen MR) is 79.8 cm³/mol. The number of carbonyl (C=O) groups is 1. The van der Waals surface area contributed by atoms with E-state index in [1.165, 1.54) is 25.9 Å². The van der Waals surface area contributed by atoms with Crippen LogP contribution in [0.1, 0.15) is 29.6 Å². The average Bonchev–Trinajstić information content (AvgIpc) is 3.09. The smallest absolute Gasteiger partial charge is 0.335 e. The molecule has 1 unspecified atom stereocenters. The number of halogens is 1. The molecular formula is C15H19ClN2O2. The maximum atomic E-state index is 10.9. The Morgan fingerprint density at radius 3 is 2.65 bits per heavy atom. The molecule has 20 heavy (non-hydrogen) atoms. The highest BCUT2D eigenvalue weighted by molar-refractivity contribution is 6.33. The van der Waals surface area contributed by atoms with Crippen LogP contribution in [0.2, 0.25) is 5.02 Å². The molecule has 0 radical (unpaired) electrons. The van der Waals surface area contributed by atoms with Crippen molar-refractivity contribution < 1.29 is 9.90 Å². The van der Waals surface area contributed by atoms with E-state index in [1.807, 2.05) is 6.07 Å². The number of likely N-dealkylation sites (tertiary alicyclic amines) is 1. The Kier molecular flexibility index (Phi) is 3.85. The molecule has 2 fully saturated rings. The van der Waals surface area contributed by atoms with Crippen LogP contribution in [0.5, 0.6) is 0 Å². The van der Waals surface area contributed by atoms with Crippen molar-refractivity contribution in [3.05, 3.63) is 28.8 Å². The molecule has 0 bridgehead atoms. The second kappa shape index (κ2) is 5.62. The summed E-state index contributed by atoms with van der Waals surface area (Å²) in [5.74, 6) is -0.935. The molecule has 3 rings (SSSR count). The van der Waals surface area contributed by atoms with Crippen LogP contribution in [0, 0.1) is 0 Å². The molecule has 2 heterocycles. The van der Waals surface area contributed by atoms with Gasteiger partial charge in [0.25, 0.3) is 0 Å². The minimum absolute atomic E-state index is 0.244. The summed E-state index contributed by atoms with van der Waals surface area (Å²) in [5, 5.41) is 9.51. The van der Waals surface area contributed by atoms with E-state index in [0.717, 1.165) is 25.2 Å². The summed E-state index contributed by atoms with van der Waals surface area (Å²) >= 11 is 6.24. The van der Waals surface area contributed by atoms with Gasteiger partial charge >= 0.3 is 5.97 Å². The molecule has 0 aliphatic carbocycles. The van der Waals surface area contributed by atoms with Crippen LogP contribution < -0.4 is 4.90 Å². The molecule has 1 aromatic carbocycles. The van der Waals surface area contributed by atoms with Crippen LogP contribution in [0.25, 0.3) is 0 Å². The lowest BCUT2D eigenvalue weighted by molar-refractivity contribution is 0.0697. The fourth-order valence-corrected chi connectivity index (χ4v) is 3.56. The first-order valence-electron chi connectivity index (χ1n) is 7.17. The molecule has 0 amide bonds. The van der Waals surface area contributed by atoms with Crippen LogP contribution in [-0.4, -0.2) is 48.2 Å². The van der Waals surface area contributed by atoms with Gasteiger partial charge in [0.2, 0.25) is 0 Å². The SMILES string of the molecule is O=C(O)c1ccc(N2CCC(N3CCCC3)C2)c(Cl)c1. The van der Waals surface area contributed by atoms with Crippen molar-refractivity contribution in [1.29, 1.82) is 0 Å². The Hall–Kier alpha value is -1.26. The number of hydrogen-bond acceptors (Lipinski definition) is 3. The predicted octanol–water partition coefficient (Wildman–Crippen LogP) is 2.71. The molecule has 5 heteroatoms. The number of anilines is 1. The van der Waals surface area contributed by atoms with Crippen molar-refractivity contribution in [3.63, 3.8) is 0 Å². The minimum Gasteiger partial charge on any atom is -0.478 e. The summed E-state index contributed by atoms with van der Waals surface area (Å²) in [7, 11) is 0. The first-order chi connectivity index (χ1) is 9.65. The van der Waals surface area contributed by atoms with E-state index in [2.05, 4.69) is 9.80 Å². The number of carboxylic acid groups (broad SMARTS) is 1. The summed E-state index contributed by atoms with van der Waals surface area (Å²) in [6.45, 7) is 4.41. The Morgan fingerprint density at radius 1 is 1.25 bits per heavy atom. The highest BCUT2D eigenvalue weighted by Gasteiger charge is 2.30. The number of aromatic carboxylic acids is 1. The summed E-state index contributed by atoms with van der Waals surface area (Å²) in [4.78, 5) is 15.8. The van der Waals surface area contributed by atoms with E-state index >= 15 is 0 Å². The van der Waals surface area contributed by atoms with E-state index < -0.39 is 5.97 Å². The normalized spacial score (nSPS) is 23.4. The van der Waals surface area contributed by atoms with E-state index in [9.17, 15) is 4.79 Å². The van der Waals surface area contributed by atoms with E-state index in [4.69, 9.17) is 16.7 Å². The van der Waals surface area contributed by atoms with Crippen LogP contribution in [0.4, 0.5) is 5.69 Å². The molecule has 0 spiro atoms. The van der Waals surface area contributed by atoms with Crippen molar-refractivity contribution in [2.24, 2.45) is 0 Å². The summed E-state index contributed by atoms with van der Waals surface area (Å²) in [6.07, 6.45) is 3.78. The average molecular weight is 295 g/mol. The molecule has 1 atom stereocenters. The molecule has 108 valence electrons. The van der Waals surface area contributed by atoms with E-state index in [1.54, 1.807) is 12.1 Å². The van der Waals surface area contributed by atoms with Crippen LogP contribution >= 0.6 is 11.6 Å². The van der Waals surface area contributed by atoms with Gasteiger partial charge in [0, 0.05) is 19.1 Å². The summed E-state index contributed by atoms with van der Waals surface area (Å²) < 4.78 is 0. The van der Waals surface area contributed by atoms with Crippen molar-refractivity contribution in [3.8, 4) is 0 Å². The molecule has 0 aromatic heterocycles. The highest BCUT2D eigenvalue weighted by Crippen LogP contribution is 2.31. The second-order valence-corrected chi connectivity index (χ2v) is 6.01. The zero-order valence-corrected chi connectivity index (χ0v) is 12.1. The second-order valence-electron chi connectivity index (χ2n) is 5.60. The lowest BCUT2D eigenvalue weighted by Crippen LogP contribution is -2.35. The van der Waals surface area contributed by atoms with Gasteiger partial charge in [0.1, 0.15) is 0 Å². The van der Waals surface area contributed by atoms with Gasteiger partial charge in [-0.3, -0.25) is 4.90 Å². The van der Waals surface area contributed by atoms with E-state index in [0.29, 0.717) is 11.1 Å². The van der Waals surface area contributed by atoms with Gasteiger partial charge in [-0.15, -0.1) is 0 Å². The number of rotatable bonds is 3. The maximum Gasteiger partial charge on any atom is 0.335 e.